The van der Waals surface area contributed by atoms with Crippen molar-refractivity contribution in [3.8, 4) is 0 Å². The molecule has 1 unspecified atom stereocenters. The predicted octanol–water partition coefficient (Wildman–Crippen LogP) is 1.59. The van der Waals surface area contributed by atoms with Gasteiger partial charge in [-0.25, -0.2) is 4.79 Å². The number of morpholine rings is 1. The fourth-order valence-corrected chi connectivity index (χ4v) is 2.16. The molecule has 2 amide bonds. The average Bonchev–Trinajstić information content (AvgIpc) is 2.46. The molecular formula is C14H19ClN2O3. The Morgan fingerprint density at radius 2 is 2.00 bits per heavy atom. The first-order valence-corrected chi connectivity index (χ1v) is 6.96. The number of carbonyl (C=O) groups is 1. The first-order chi connectivity index (χ1) is 9.49. The first kappa shape index (κ1) is 15.1. The Labute approximate surface area is 123 Å². The van der Waals surface area contributed by atoms with Crippen LogP contribution < -0.4 is 5.32 Å². The summed E-state index contributed by atoms with van der Waals surface area (Å²) >= 11 is 5.82. The highest BCUT2D eigenvalue weighted by Gasteiger charge is 2.25. The molecule has 1 aromatic rings. The van der Waals surface area contributed by atoms with Crippen LogP contribution in [0.3, 0.4) is 0 Å². The minimum absolute atomic E-state index is 0.144. The fourth-order valence-electron chi connectivity index (χ4n) is 2.04. The van der Waals surface area contributed by atoms with Crippen molar-refractivity contribution in [3.63, 3.8) is 0 Å². The number of amides is 2. The Balaban J connectivity index is 1.91. The molecule has 1 heterocycles. The summed E-state index contributed by atoms with van der Waals surface area (Å²) < 4.78 is 5.19. The number of halogens is 1. The minimum atomic E-state index is -1.13. The molecule has 20 heavy (non-hydrogen) atoms. The van der Waals surface area contributed by atoms with Gasteiger partial charge in [-0.1, -0.05) is 23.7 Å². The predicted molar refractivity (Wildman–Crippen MR) is 76.8 cm³/mol. The molecule has 1 atom stereocenters. The summed E-state index contributed by atoms with van der Waals surface area (Å²) in [4.78, 5) is 13.6. The van der Waals surface area contributed by atoms with Crippen molar-refractivity contribution >= 4 is 17.6 Å². The highest BCUT2D eigenvalue weighted by molar-refractivity contribution is 6.30. The average molecular weight is 299 g/mol. The summed E-state index contributed by atoms with van der Waals surface area (Å²) in [6, 6.07) is 6.76. The van der Waals surface area contributed by atoms with Crippen LogP contribution in [0.2, 0.25) is 5.02 Å². The van der Waals surface area contributed by atoms with E-state index >= 15 is 0 Å². The maximum absolute atomic E-state index is 12.0. The molecule has 1 aliphatic rings. The number of rotatable bonds is 3. The molecular weight excluding hydrogens is 280 g/mol. The molecule has 5 nitrogen and oxygen atoms in total. The lowest BCUT2D eigenvalue weighted by Gasteiger charge is -2.29. The van der Waals surface area contributed by atoms with Gasteiger partial charge >= 0.3 is 6.03 Å². The molecule has 110 valence electrons. The number of nitrogens with zero attached hydrogens (tertiary/aromatic N) is 1. The molecule has 2 N–H and O–H groups in total. The Kier molecular flexibility index (Phi) is 4.86. The minimum Gasteiger partial charge on any atom is -0.384 e. The van der Waals surface area contributed by atoms with Gasteiger partial charge in [-0.15, -0.1) is 0 Å². The molecule has 0 bridgehead atoms. The lowest BCUT2D eigenvalue weighted by molar-refractivity contribution is 0.0423. The maximum atomic E-state index is 12.0. The summed E-state index contributed by atoms with van der Waals surface area (Å²) in [6.45, 7) is 4.08. The number of aliphatic hydroxyl groups is 1. The highest BCUT2D eigenvalue weighted by Crippen LogP contribution is 2.21. The second-order valence-corrected chi connectivity index (χ2v) is 5.48. The first-order valence-electron chi connectivity index (χ1n) is 6.58. The van der Waals surface area contributed by atoms with Gasteiger partial charge in [0.25, 0.3) is 0 Å². The molecule has 0 aliphatic carbocycles. The Morgan fingerprint density at radius 1 is 1.40 bits per heavy atom. The van der Waals surface area contributed by atoms with E-state index < -0.39 is 5.60 Å². The summed E-state index contributed by atoms with van der Waals surface area (Å²) in [5.41, 5.74) is -0.420. The number of hydrogen-bond donors (Lipinski definition) is 2. The molecule has 0 saturated carbocycles. The van der Waals surface area contributed by atoms with Crippen LogP contribution in [0.1, 0.15) is 12.5 Å². The normalized spacial score (nSPS) is 18.4. The third-order valence-electron chi connectivity index (χ3n) is 3.35. The SMILES string of the molecule is CC(O)(CNC(=O)N1CCOCC1)c1ccc(Cl)cc1. The summed E-state index contributed by atoms with van der Waals surface area (Å²) in [6.07, 6.45) is 0. The maximum Gasteiger partial charge on any atom is 0.317 e. The second-order valence-electron chi connectivity index (χ2n) is 5.04. The van der Waals surface area contributed by atoms with Crippen LogP contribution in [0, 0.1) is 0 Å². The standard InChI is InChI=1S/C14H19ClN2O3/c1-14(19,11-2-4-12(15)5-3-11)10-16-13(18)17-6-8-20-9-7-17/h2-5,19H,6-10H2,1H3,(H,16,18). The van der Waals surface area contributed by atoms with Crippen molar-refractivity contribution in [1.29, 1.82) is 0 Å². The van der Waals surface area contributed by atoms with E-state index in [2.05, 4.69) is 5.32 Å². The molecule has 0 radical (unpaired) electrons. The van der Waals surface area contributed by atoms with Crippen LogP contribution in [-0.2, 0) is 10.3 Å². The molecule has 0 aromatic heterocycles. The zero-order valence-corrected chi connectivity index (χ0v) is 12.2. The van der Waals surface area contributed by atoms with Gasteiger partial charge in [-0.2, -0.15) is 0 Å². The van der Waals surface area contributed by atoms with Crippen molar-refractivity contribution in [2.24, 2.45) is 0 Å². The number of carbonyl (C=O) groups excluding carboxylic acids is 1. The summed E-state index contributed by atoms with van der Waals surface area (Å²) in [5.74, 6) is 0. The van der Waals surface area contributed by atoms with E-state index in [0.717, 1.165) is 0 Å². The van der Waals surface area contributed by atoms with Crippen LogP contribution in [0.4, 0.5) is 4.79 Å². The fraction of sp³-hybridized carbons (Fsp3) is 0.500. The van der Waals surface area contributed by atoms with Crippen LogP contribution >= 0.6 is 11.6 Å². The van der Waals surface area contributed by atoms with E-state index in [0.29, 0.717) is 36.9 Å². The van der Waals surface area contributed by atoms with Gasteiger partial charge in [-0.3, -0.25) is 0 Å². The van der Waals surface area contributed by atoms with E-state index in [1.165, 1.54) is 0 Å². The molecule has 1 fully saturated rings. The van der Waals surface area contributed by atoms with Gasteiger partial charge in [0.1, 0.15) is 5.60 Å². The van der Waals surface area contributed by atoms with Gasteiger partial charge in [0.15, 0.2) is 0 Å². The van der Waals surface area contributed by atoms with Crippen LogP contribution in [0.15, 0.2) is 24.3 Å². The number of benzene rings is 1. The van der Waals surface area contributed by atoms with Gasteiger partial charge < -0.3 is 20.1 Å². The van der Waals surface area contributed by atoms with Crippen molar-refractivity contribution in [2.75, 3.05) is 32.8 Å². The third-order valence-corrected chi connectivity index (χ3v) is 3.60. The largest absolute Gasteiger partial charge is 0.384 e. The second kappa shape index (κ2) is 6.43. The van der Waals surface area contributed by atoms with E-state index in [1.54, 1.807) is 36.1 Å². The van der Waals surface area contributed by atoms with Gasteiger partial charge in [0.2, 0.25) is 0 Å². The van der Waals surface area contributed by atoms with Gasteiger partial charge in [0, 0.05) is 18.1 Å². The highest BCUT2D eigenvalue weighted by atomic mass is 35.5. The molecule has 1 saturated heterocycles. The van der Waals surface area contributed by atoms with Crippen molar-refractivity contribution in [2.45, 2.75) is 12.5 Å². The summed E-state index contributed by atoms with van der Waals surface area (Å²) in [7, 11) is 0. The lowest BCUT2D eigenvalue weighted by Crippen LogP contribution is -2.49. The number of nitrogens with one attached hydrogen (secondary N) is 1. The topological polar surface area (TPSA) is 61.8 Å². The van der Waals surface area contributed by atoms with Gasteiger partial charge in [-0.05, 0) is 24.6 Å². The molecule has 2 rings (SSSR count). The molecule has 0 spiro atoms. The third kappa shape index (κ3) is 3.85. The van der Waals surface area contributed by atoms with Crippen molar-refractivity contribution in [1.82, 2.24) is 10.2 Å². The van der Waals surface area contributed by atoms with E-state index in [4.69, 9.17) is 16.3 Å². The number of ether oxygens (including phenoxy) is 1. The van der Waals surface area contributed by atoms with Crippen molar-refractivity contribution < 1.29 is 14.6 Å². The summed E-state index contributed by atoms with van der Waals surface area (Å²) in [5, 5.41) is 13.8. The smallest absolute Gasteiger partial charge is 0.317 e. The molecule has 6 heteroatoms. The monoisotopic (exact) mass is 298 g/mol. The van der Waals surface area contributed by atoms with E-state index in [-0.39, 0.29) is 12.6 Å². The Morgan fingerprint density at radius 3 is 2.60 bits per heavy atom. The lowest BCUT2D eigenvalue weighted by atomic mass is 9.96. The van der Waals surface area contributed by atoms with E-state index in [1.807, 2.05) is 0 Å². The Hall–Kier alpha value is -1.30. The molecule has 1 aromatic carbocycles. The zero-order valence-electron chi connectivity index (χ0n) is 11.4. The number of hydrogen-bond acceptors (Lipinski definition) is 3. The van der Waals surface area contributed by atoms with Gasteiger partial charge in [0.05, 0.1) is 19.8 Å². The Bertz CT molecular complexity index is 456. The van der Waals surface area contributed by atoms with Crippen LogP contribution in [0.5, 0.6) is 0 Å². The molecule has 1 aliphatic heterocycles. The quantitative estimate of drug-likeness (QED) is 0.891. The van der Waals surface area contributed by atoms with Crippen LogP contribution in [-0.4, -0.2) is 48.9 Å². The van der Waals surface area contributed by atoms with Crippen molar-refractivity contribution in [3.05, 3.63) is 34.9 Å². The number of urea groups is 1. The van der Waals surface area contributed by atoms with Crippen LogP contribution in [0.25, 0.3) is 0 Å². The zero-order chi connectivity index (χ0) is 14.6. The van der Waals surface area contributed by atoms with E-state index in [9.17, 15) is 9.90 Å².